The number of hydrogen-bond acceptors (Lipinski definition) is 5. The number of hydrogen-bond donors (Lipinski definition) is 1. The normalized spacial score (nSPS) is 10.8. The van der Waals surface area contributed by atoms with Crippen LogP contribution in [-0.2, 0) is 6.54 Å². The molecule has 0 bridgehead atoms. The Kier molecular flexibility index (Phi) is 5.30. The fraction of sp³-hybridized carbons (Fsp3) is 0.263. The summed E-state index contributed by atoms with van der Waals surface area (Å²) in [5.74, 6) is 1.24. The first-order valence-electron chi connectivity index (χ1n) is 8.22. The third kappa shape index (κ3) is 3.64. The summed E-state index contributed by atoms with van der Waals surface area (Å²) in [4.78, 5) is 8.96. The van der Waals surface area contributed by atoms with Gasteiger partial charge in [0.1, 0.15) is 12.4 Å². The van der Waals surface area contributed by atoms with Crippen LogP contribution in [0.15, 0.2) is 49.4 Å². The Labute approximate surface area is 147 Å². The average Bonchev–Trinajstić information content (AvgIpc) is 3.12. The fourth-order valence-electron chi connectivity index (χ4n) is 2.60. The van der Waals surface area contributed by atoms with Gasteiger partial charge in [0.2, 0.25) is 5.65 Å². The molecule has 1 aromatic carbocycles. The topological polar surface area (TPSA) is 60.7 Å². The highest BCUT2D eigenvalue weighted by Crippen LogP contribution is 2.31. The number of methoxy groups -OCH3 is 1. The molecule has 0 amide bonds. The van der Waals surface area contributed by atoms with Gasteiger partial charge in [0, 0.05) is 30.7 Å². The number of nitrogens with one attached hydrogen (secondary N) is 1. The van der Waals surface area contributed by atoms with Crippen molar-refractivity contribution in [2.24, 2.45) is 0 Å². The van der Waals surface area contributed by atoms with E-state index in [1.165, 1.54) is 5.56 Å². The first kappa shape index (κ1) is 17.0. The average molecular weight is 338 g/mol. The van der Waals surface area contributed by atoms with Gasteiger partial charge in [-0.1, -0.05) is 25.6 Å². The molecule has 25 heavy (non-hydrogen) atoms. The van der Waals surface area contributed by atoms with E-state index in [4.69, 9.17) is 9.47 Å². The molecular weight excluding hydrogens is 316 g/mol. The Hall–Kier alpha value is -2.86. The molecule has 3 rings (SSSR count). The van der Waals surface area contributed by atoms with E-state index in [1.54, 1.807) is 19.4 Å². The van der Waals surface area contributed by atoms with Crippen LogP contribution < -0.4 is 14.8 Å². The molecule has 0 saturated carbocycles. The molecule has 6 nitrogen and oxygen atoms in total. The maximum absolute atomic E-state index is 5.69. The number of ether oxygens (including phenoxy) is 2. The molecule has 0 atom stereocenters. The van der Waals surface area contributed by atoms with Crippen molar-refractivity contribution in [1.82, 2.24) is 19.7 Å². The maximum atomic E-state index is 5.69. The van der Waals surface area contributed by atoms with E-state index in [9.17, 15) is 0 Å². The van der Waals surface area contributed by atoms with Gasteiger partial charge in [-0.25, -0.2) is 9.97 Å². The Morgan fingerprint density at radius 1 is 1.36 bits per heavy atom. The predicted molar refractivity (Wildman–Crippen MR) is 98.0 cm³/mol. The summed E-state index contributed by atoms with van der Waals surface area (Å²) in [6, 6.07) is 6.10. The van der Waals surface area contributed by atoms with Gasteiger partial charge < -0.3 is 19.2 Å². The van der Waals surface area contributed by atoms with Gasteiger partial charge in [-0.05, 0) is 24.2 Å². The minimum Gasteiger partial charge on any atom is -0.496 e. The first-order valence-corrected chi connectivity index (χ1v) is 8.22. The Morgan fingerprint density at radius 2 is 2.24 bits per heavy atom. The molecule has 0 saturated heterocycles. The van der Waals surface area contributed by atoms with E-state index < -0.39 is 0 Å². The standard InChI is InChI=1S/C19H22N4O2/c1-4-10-25-19-18-21-8-9-23(18)13-16(22-19)15-11-14(12-20-5-2)6-7-17(15)24-3/h4,6-9,11,13,20H,1,5,10,12H2,2-3H3. The third-order valence-electron chi connectivity index (χ3n) is 3.80. The number of rotatable bonds is 8. The van der Waals surface area contributed by atoms with Crippen molar-refractivity contribution >= 4 is 5.65 Å². The second-order valence-corrected chi connectivity index (χ2v) is 5.50. The van der Waals surface area contributed by atoms with Crippen LogP contribution in [0.3, 0.4) is 0 Å². The van der Waals surface area contributed by atoms with Crippen molar-refractivity contribution in [2.75, 3.05) is 20.3 Å². The molecule has 2 heterocycles. The summed E-state index contributed by atoms with van der Waals surface area (Å²) >= 11 is 0. The van der Waals surface area contributed by atoms with Crippen molar-refractivity contribution in [2.45, 2.75) is 13.5 Å². The molecule has 1 N–H and O–H groups in total. The highest BCUT2D eigenvalue weighted by Gasteiger charge is 2.14. The molecule has 0 radical (unpaired) electrons. The highest BCUT2D eigenvalue weighted by molar-refractivity contribution is 5.70. The molecule has 0 aliphatic heterocycles. The molecule has 0 spiro atoms. The molecule has 0 aliphatic carbocycles. The van der Waals surface area contributed by atoms with Gasteiger partial charge in [-0.15, -0.1) is 0 Å². The van der Waals surface area contributed by atoms with Gasteiger partial charge in [-0.2, -0.15) is 0 Å². The van der Waals surface area contributed by atoms with Gasteiger partial charge in [0.25, 0.3) is 5.88 Å². The second kappa shape index (κ2) is 7.81. The largest absolute Gasteiger partial charge is 0.496 e. The van der Waals surface area contributed by atoms with Crippen molar-refractivity contribution in [3.63, 3.8) is 0 Å². The predicted octanol–water partition coefficient (Wildman–Crippen LogP) is 3.08. The number of nitrogens with zero attached hydrogens (tertiary/aromatic N) is 3. The van der Waals surface area contributed by atoms with Crippen LogP contribution in [0.1, 0.15) is 12.5 Å². The van der Waals surface area contributed by atoms with Crippen molar-refractivity contribution < 1.29 is 9.47 Å². The van der Waals surface area contributed by atoms with E-state index in [2.05, 4.69) is 40.9 Å². The number of aromatic nitrogens is 3. The summed E-state index contributed by atoms with van der Waals surface area (Å²) in [5.41, 5.74) is 3.52. The number of fused-ring (bicyclic) bond motifs is 1. The van der Waals surface area contributed by atoms with E-state index in [-0.39, 0.29) is 0 Å². The van der Waals surface area contributed by atoms with Crippen LogP contribution in [0.25, 0.3) is 16.9 Å². The minimum absolute atomic E-state index is 0.372. The second-order valence-electron chi connectivity index (χ2n) is 5.50. The molecule has 3 aromatic rings. The van der Waals surface area contributed by atoms with Crippen LogP contribution in [0.4, 0.5) is 0 Å². The molecule has 0 aliphatic rings. The minimum atomic E-state index is 0.372. The van der Waals surface area contributed by atoms with Crippen molar-refractivity contribution in [3.8, 4) is 22.9 Å². The molecule has 130 valence electrons. The van der Waals surface area contributed by atoms with Crippen molar-refractivity contribution in [1.29, 1.82) is 0 Å². The SMILES string of the molecule is C=CCOc1nc(-c2cc(CNCC)ccc2OC)cn2ccnc12. The lowest BCUT2D eigenvalue weighted by atomic mass is 10.1. The van der Waals surface area contributed by atoms with Crippen LogP contribution in [0.5, 0.6) is 11.6 Å². The zero-order valence-electron chi connectivity index (χ0n) is 14.5. The Morgan fingerprint density at radius 3 is 3.00 bits per heavy atom. The fourth-order valence-corrected chi connectivity index (χ4v) is 2.60. The smallest absolute Gasteiger partial charge is 0.259 e. The number of benzene rings is 1. The van der Waals surface area contributed by atoms with Crippen LogP contribution in [-0.4, -0.2) is 34.6 Å². The molecule has 0 fully saturated rings. The monoisotopic (exact) mass is 338 g/mol. The molecular formula is C19H22N4O2. The highest BCUT2D eigenvalue weighted by atomic mass is 16.5. The summed E-state index contributed by atoms with van der Waals surface area (Å²) < 4.78 is 13.1. The lowest BCUT2D eigenvalue weighted by molar-refractivity contribution is 0.351. The van der Waals surface area contributed by atoms with Gasteiger partial charge in [0.15, 0.2) is 0 Å². The van der Waals surface area contributed by atoms with E-state index >= 15 is 0 Å². The lowest BCUT2D eigenvalue weighted by Crippen LogP contribution is -2.11. The van der Waals surface area contributed by atoms with E-state index in [0.717, 1.165) is 30.1 Å². The van der Waals surface area contributed by atoms with Crippen LogP contribution >= 0.6 is 0 Å². The summed E-state index contributed by atoms with van der Waals surface area (Å²) in [6.45, 7) is 7.85. The van der Waals surface area contributed by atoms with Gasteiger partial charge >= 0.3 is 0 Å². The third-order valence-corrected chi connectivity index (χ3v) is 3.80. The quantitative estimate of drug-likeness (QED) is 0.640. The molecule has 6 heteroatoms. The zero-order valence-corrected chi connectivity index (χ0v) is 14.5. The summed E-state index contributed by atoms with van der Waals surface area (Å²) in [5, 5.41) is 3.33. The van der Waals surface area contributed by atoms with Crippen LogP contribution in [0.2, 0.25) is 0 Å². The Bertz CT molecular complexity index is 873. The molecule has 0 unspecified atom stereocenters. The van der Waals surface area contributed by atoms with E-state index in [1.807, 2.05) is 22.9 Å². The Balaban J connectivity index is 2.09. The van der Waals surface area contributed by atoms with Crippen molar-refractivity contribution in [3.05, 3.63) is 55.0 Å². The molecule has 2 aromatic heterocycles. The van der Waals surface area contributed by atoms with Gasteiger partial charge in [0.05, 0.1) is 12.8 Å². The lowest BCUT2D eigenvalue weighted by Gasteiger charge is -2.13. The van der Waals surface area contributed by atoms with Gasteiger partial charge in [-0.3, -0.25) is 0 Å². The van der Waals surface area contributed by atoms with Crippen LogP contribution in [0, 0.1) is 0 Å². The van der Waals surface area contributed by atoms with E-state index in [0.29, 0.717) is 18.1 Å². The number of imidazole rings is 1. The summed E-state index contributed by atoms with van der Waals surface area (Å²) in [7, 11) is 1.66. The summed E-state index contributed by atoms with van der Waals surface area (Å²) in [6.07, 6.45) is 7.21. The zero-order chi connectivity index (χ0) is 17.6. The first-order chi connectivity index (χ1) is 12.3. The maximum Gasteiger partial charge on any atom is 0.259 e.